The lowest BCUT2D eigenvalue weighted by molar-refractivity contribution is 0.668. The highest BCUT2D eigenvalue weighted by Gasteiger charge is 2.23. The molecule has 45 heavy (non-hydrogen) atoms. The summed E-state index contributed by atoms with van der Waals surface area (Å²) in [5.41, 5.74) is 10.8. The molecule has 0 amide bonds. The fourth-order valence-electron chi connectivity index (χ4n) is 6.30. The molecule has 4 heteroatoms. The van der Waals surface area contributed by atoms with E-state index in [4.69, 9.17) is 14.4 Å². The molecule has 0 spiro atoms. The van der Waals surface area contributed by atoms with Gasteiger partial charge in [0.15, 0.2) is 5.82 Å². The number of allylic oxidation sites excluding steroid dienone is 4. The molecule has 0 aliphatic heterocycles. The van der Waals surface area contributed by atoms with E-state index in [-0.39, 0.29) is 5.92 Å². The third kappa shape index (κ3) is 4.91. The Bertz CT molecular complexity index is 2230. The smallest absolute Gasteiger partial charge is 0.160 e. The van der Waals surface area contributed by atoms with Gasteiger partial charge in [0.25, 0.3) is 0 Å². The van der Waals surface area contributed by atoms with E-state index in [9.17, 15) is 5.26 Å². The standard InChI is InChI=1S/C41H27N3O/c42-26-27-15-17-28(18-16-27)33-23-24-38-40(34-13-7-8-14-37(34)45-38)39(33)31-21-19-30(20-22-31)36-25-35(29-9-3-1-4-10-29)43-41(44-36)32-11-5-2-6-12-32/h1-21,23-25,31H,22H2. The average Bonchev–Trinajstić information content (AvgIpc) is 3.51. The predicted octanol–water partition coefficient (Wildman–Crippen LogP) is 10.4. The second kappa shape index (κ2) is 11.2. The van der Waals surface area contributed by atoms with Crippen molar-refractivity contribution in [1.82, 2.24) is 9.97 Å². The zero-order valence-corrected chi connectivity index (χ0v) is 24.4. The molecular formula is C41H27N3O. The zero-order chi connectivity index (χ0) is 30.2. The van der Waals surface area contributed by atoms with Crippen LogP contribution in [0.4, 0.5) is 0 Å². The van der Waals surface area contributed by atoms with Crippen LogP contribution in [0.15, 0.2) is 150 Å². The highest BCUT2D eigenvalue weighted by atomic mass is 16.3. The van der Waals surface area contributed by atoms with Crippen LogP contribution in [-0.2, 0) is 0 Å². The summed E-state index contributed by atoms with van der Waals surface area (Å²) in [5, 5.41) is 11.6. The van der Waals surface area contributed by atoms with Crippen molar-refractivity contribution in [3.63, 3.8) is 0 Å². The predicted molar refractivity (Wildman–Crippen MR) is 181 cm³/mol. The van der Waals surface area contributed by atoms with E-state index in [2.05, 4.69) is 78.9 Å². The monoisotopic (exact) mass is 577 g/mol. The van der Waals surface area contributed by atoms with Crippen LogP contribution in [0.5, 0.6) is 0 Å². The molecule has 0 saturated carbocycles. The van der Waals surface area contributed by atoms with Gasteiger partial charge in [-0.1, -0.05) is 115 Å². The SMILES string of the molecule is N#Cc1ccc(-c2ccc3oc4ccccc4c3c2C2C=CC(c3cc(-c4ccccc4)nc(-c4ccccc4)n3)=CC2)cc1. The van der Waals surface area contributed by atoms with Crippen LogP contribution in [0.1, 0.15) is 29.2 Å². The average molecular weight is 578 g/mol. The summed E-state index contributed by atoms with van der Waals surface area (Å²) >= 11 is 0. The fourth-order valence-corrected chi connectivity index (χ4v) is 6.30. The summed E-state index contributed by atoms with van der Waals surface area (Å²) in [6.45, 7) is 0. The maximum Gasteiger partial charge on any atom is 0.160 e. The van der Waals surface area contributed by atoms with Crippen molar-refractivity contribution in [2.24, 2.45) is 0 Å². The summed E-state index contributed by atoms with van der Waals surface area (Å²) in [5.74, 6) is 0.828. The van der Waals surface area contributed by atoms with Crippen molar-refractivity contribution in [2.45, 2.75) is 12.3 Å². The van der Waals surface area contributed by atoms with Gasteiger partial charge in [0.1, 0.15) is 11.2 Å². The lowest BCUT2D eigenvalue weighted by atomic mass is 9.82. The molecule has 0 radical (unpaired) electrons. The molecule has 4 nitrogen and oxygen atoms in total. The highest BCUT2D eigenvalue weighted by molar-refractivity contribution is 6.09. The lowest BCUT2D eigenvalue weighted by Crippen LogP contribution is -2.04. The number of rotatable bonds is 5. The van der Waals surface area contributed by atoms with Crippen molar-refractivity contribution in [3.8, 4) is 39.8 Å². The van der Waals surface area contributed by atoms with E-state index in [1.807, 2.05) is 72.8 Å². The molecule has 1 atom stereocenters. The van der Waals surface area contributed by atoms with Crippen LogP contribution in [0.2, 0.25) is 0 Å². The van der Waals surface area contributed by atoms with Gasteiger partial charge in [-0.25, -0.2) is 9.97 Å². The molecule has 1 aliphatic carbocycles. The zero-order valence-electron chi connectivity index (χ0n) is 24.4. The molecule has 0 bridgehead atoms. The van der Waals surface area contributed by atoms with Gasteiger partial charge in [-0.2, -0.15) is 5.26 Å². The van der Waals surface area contributed by atoms with Crippen molar-refractivity contribution in [1.29, 1.82) is 5.26 Å². The molecule has 1 aliphatic rings. The van der Waals surface area contributed by atoms with Gasteiger partial charge in [0.05, 0.1) is 23.0 Å². The third-order valence-electron chi connectivity index (χ3n) is 8.50. The minimum absolute atomic E-state index is 0.119. The van der Waals surface area contributed by atoms with Crippen LogP contribution < -0.4 is 0 Å². The number of nitrogens with zero attached hydrogens (tertiary/aromatic N) is 3. The van der Waals surface area contributed by atoms with E-state index in [0.717, 1.165) is 67.6 Å². The van der Waals surface area contributed by atoms with E-state index >= 15 is 0 Å². The van der Waals surface area contributed by atoms with Crippen molar-refractivity contribution in [3.05, 3.63) is 162 Å². The van der Waals surface area contributed by atoms with Gasteiger partial charge in [0, 0.05) is 27.8 Å². The summed E-state index contributed by atoms with van der Waals surface area (Å²) in [7, 11) is 0. The van der Waals surface area contributed by atoms with Crippen molar-refractivity contribution >= 4 is 27.5 Å². The van der Waals surface area contributed by atoms with Crippen molar-refractivity contribution in [2.75, 3.05) is 0 Å². The van der Waals surface area contributed by atoms with Crippen LogP contribution in [0, 0.1) is 11.3 Å². The number of fused-ring (bicyclic) bond motifs is 3. The quantitative estimate of drug-likeness (QED) is 0.204. The third-order valence-corrected chi connectivity index (χ3v) is 8.50. The molecule has 0 saturated heterocycles. The van der Waals surface area contributed by atoms with Gasteiger partial charge in [-0.3, -0.25) is 0 Å². The lowest BCUT2D eigenvalue weighted by Gasteiger charge is -2.21. The number of furan rings is 1. The second-order valence-corrected chi connectivity index (χ2v) is 11.2. The van der Waals surface area contributed by atoms with Crippen LogP contribution >= 0.6 is 0 Å². The maximum atomic E-state index is 9.38. The number of para-hydroxylation sites is 1. The first kappa shape index (κ1) is 26.6. The van der Waals surface area contributed by atoms with Crippen molar-refractivity contribution < 1.29 is 4.42 Å². The highest BCUT2D eigenvalue weighted by Crippen LogP contribution is 2.44. The second-order valence-electron chi connectivity index (χ2n) is 11.2. The Balaban J connectivity index is 1.24. The molecule has 0 N–H and O–H groups in total. The number of hydrogen-bond acceptors (Lipinski definition) is 4. The number of nitriles is 1. The van der Waals surface area contributed by atoms with Gasteiger partial charge < -0.3 is 4.42 Å². The van der Waals surface area contributed by atoms with Gasteiger partial charge in [-0.05, 0) is 59.0 Å². The first-order chi connectivity index (χ1) is 22.2. The summed E-state index contributed by atoms with van der Waals surface area (Å²) in [4.78, 5) is 10.00. The summed E-state index contributed by atoms with van der Waals surface area (Å²) in [6.07, 6.45) is 7.59. The Kier molecular flexibility index (Phi) is 6.63. The fraction of sp³-hybridized carbons (Fsp3) is 0.0488. The van der Waals surface area contributed by atoms with Gasteiger partial charge in [-0.15, -0.1) is 0 Å². The minimum atomic E-state index is 0.119. The molecule has 212 valence electrons. The van der Waals surface area contributed by atoms with Gasteiger partial charge >= 0.3 is 0 Å². The molecule has 7 aromatic rings. The van der Waals surface area contributed by atoms with E-state index in [1.54, 1.807) is 0 Å². The Morgan fingerprint density at radius 3 is 2.11 bits per heavy atom. The molecule has 0 fully saturated rings. The number of hydrogen-bond donors (Lipinski definition) is 0. The van der Waals surface area contributed by atoms with Crippen LogP contribution in [-0.4, -0.2) is 9.97 Å². The molecular weight excluding hydrogens is 550 g/mol. The molecule has 8 rings (SSSR count). The normalized spacial score (nSPS) is 14.4. The molecule has 2 heterocycles. The number of benzene rings is 5. The molecule has 5 aromatic carbocycles. The molecule has 2 aromatic heterocycles. The topological polar surface area (TPSA) is 62.7 Å². The van der Waals surface area contributed by atoms with Crippen LogP contribution in [0.3, 0.4) is 0 Å². The summed E-state index contributed by atoms with van der Waals surface area (Å²) < 4.78 is 6.31. The largest absolute Gasteiger partial charge is 0.456 e. The van der Waals surface area contributed by atoms with Crippen LogP contribution in [0.25, 0.3) is 61.3 Å². The first-order valence-corrected chi connectivity index (χ1v) is 15.1. The van der Waals surface area contributed by atoms with E-state index < -0.39 is 0 Å². The van der Waals surface area contributed by atoms with E-state index in [0.29, 0.717) is 11.4 Å². The minimum Gasteiger partial charge on any atom is -0.456 e. The maximum absolute atomic E-state index is 9.38. The van der Waals surface area contributed by atoms with E-state index in [1.165, 1.54) is 5.56 Å². The first-order valence-electron chi connectivity index (χ1n) is 15.1. The number of aromatic nitrogens is 2. The Labute approximate surface area is 261 Å². The molecule has 1 unspecified atom stereocenters. The Hall–Kier alpha value is -6.05. The van der Waals surface area contributed by atoms with Gasteiger partial charge in [0.2, 0.25) is 0 Å². The Morgan fingerprint density at radius 2 is 1.38 bits per heavy atom. The summed E-state index contributed by atoms with van der Waals surface area (Å²) in [6, 6.07) is 45.0. The Morgan fingerprint density at radius 1 is 0.667 bits per heavy atom.